The number of nitrogens with one attached hydrogen (secondary N) is 2. The highest BCUT2D eigenvalue weighted by molar-refractivity contribution is 5.80. The second-order valence-corrected chi connectivity index (χ2v) is 3.42. The molecule has 0 radical (unpaired) electrons. The van der Waals surface area contributed by atoms with Crippen LogP contribution in [0.4, 0.5) is 4.39 Å². The van der Waals surface area contributed by atoms with Gasteiger partial charge in [0, 0.05) is 30.7 Å². The van der Waals surface area contributed by atoms with E-state index in [1.807, 2.05) is 6.07 Å². The Morgan fingerprint density at radius 2 is 2.33 bits per heavy atom. The summed E-state index contributed by atoms with van der Waals surface area (Å²) >= 11 is 0. The molecular weight excluding hydrogens is 195 g/mol. The molecule has 0 bridgehead atoms. The minimum atomic E-state index is -0.307. The van der Waals surface area contributed by atoms with E-state index in [2.05, 4.69) is 10.3 Å². The first kappa shape index (κ1) is 9.71. The Bertz CT molecular complexity index is 504. The number of hydrogen-bond acceptors (Lipinski definition) is 1. The highest BCUT2D eigenvalue weighted by Gasteiger charge is 2.05. The molecule has 2 rings (SSSR count). The molecule has 0 aliphatic carbocycles. The van der Waals surface area contributed by atoms with Gasteiger partial charge >= 0.3 is 0 Å². The van der Waals surface area contributed by atoms with Crippen molar-refractivity contribution in [2.45, 2.75) is 13.5 Å². The first-order valence-corrected chi connectivity index (χ1v) is 4.67. The number of aromatic nitrogens is 1. The van der Waals surface area contributed by atoms with E-state index < -0.39 is 0 Å². The van der Waals surface area contributed by atoms with Crippen LogP contribution in [0, 0.1) is 5.82 Å². The number of halogens is 1. The second-order valence-electron chi connectivity index (χ2n) is 3.42. The van der Waals surface area contributed by atoms with Crippen LogP contribution in [0.1, 0.15) is 12.5 Å². The predicted molar refractivity (Wildman–Crippen MR) is 55.8 cm³/mol. The Morgan fingerprint density at radius 1 is 1.53 bits per heavy atom. The van der Waals surface area contributed by atoms with E-state index in [9.17, 15) is 9.18 Å². The number of benzene rings is 1. The lowest BCUT2D eigenvalue weighted by molar-refractivity contribution is -0.119. The minimum Gasteiger partial charge on any atom is -0.361 e. The van der Waals surface area contributed by atoms with Crippen molar-refractivity contribution in [1.29, 1.82) is 0 Å². The molecule has 1 amide bonds. The fourth-order valence-electron chi connectivity index (χ4n) is 1.48. The van der Waals surface area contributed by atoms with Crippen molar-refractivity contribution in [2.24, 2.45) is 0 Å². The standard InChI is InChI=1S/C11H11FN2O/c1-7(15)14-6-9-4-8-2-3-13-11(8)5-10(9)12/h2-5,13H,6H2,1H3,(H,14,15). The van der Waals surface area contributed by atoms with E-state index in [1.54, 1.807) is 12.3 Å². The van der Waals surface area contributed by atoms with Crippen LogP contribution in [0.15, 0.2) is 24.4 Å². The molecule has 2 N–H and O–H groups in total. The molecule has 0 atom stereocenters. The van der Waals surface area contributed by atoms with E-state index in [0.717, 1.165) is 10.9 Å². The Labute approximate surface area is 86.3 Å². The first-order valence-electron chi connectivity index (χ1n) is 4.67. The van der Waals surface area contributed by atoms with Gasteiger partial charge in [0.15, 0.2) is 0 Å². The third-order valence-electron chi connectivity index (χ3n) is 2.25. The van der Waals surface area contributed by atoms with Crippen molar-refractivity contribution >= 4 is 16.8 Å². The normalized spacial score (nSPS) is 10.5. The fourth-order valence-corrected chi connectivity index (χ4v) is 1.48. The minimum absolute atomic E-state index is 0.163. The molecule has 0 saturated heterocycles. The Balaban J connectivity index is 2.33. The molecule has 0 saturated carbocycles. The fraction of sp³-hybridized carbons (Fsp3) is 0.182. The Hall–Kier alpha value is -1.84. The summed E-state index contributed by atoms with van der Waals surface area (Å²) in [6.45, 7) is 1.63. The molecule has 2 aromatic rings. The van der Waals surface area contributed by atoms with Crippen LogP contribution in [0.2, 0.25) is 0 Å². The third kappa shape index (κ3) is 1.98. The summed E-state index contributed by atoms with van der Waals surface area (Å²) in [7, 11) is 0. The van der Waals surface area contributed by atoms with Crippen LogP contribution in [0.5, 0.6) is 0 Å². The molecule has 1 aromatic heterocycles. The summed E-state index contributed by atoms with van der Waals surface area (Å²) in [5.41, 5.74) is 1.26. The number of H-pyrrole nitrogens is 1. The van der Waals surface area contributed by atoms with Gasteiger partial charge in [0.2, 0.25) is 5.91 Å². The van der Waals surface area contributed by atoms with Gasteiger partial charge in [0.25, 0.3) is 0 Å². The topological polar surface area (TPSA) is 44.9 Å². The van der Waals surface area contributed by atoms with E-state index in [1.165, 1.54) is 13.0 Å². The van der Waals surface area contributed by atoms with Gasteiger partial charge in [-0.3, -0.25) is 4.79 Å². The number of aromatic amines is 1. The predicted octanol–water partition coefficient (Wildman–Crippen LogP) is 1.94. The highest BCUT2D eigenvalue weighted by atomic mass is 19.1. The lowest BCUT2D eigenvalue weighted by Gasteiger charge is -2.04. The van der Waals surface area contributed by atoms with Gasteiger partial charge in [-0.2, -0.15) is 0 Å². The largest absolute Gasteiger partial charge is 0.361 e. The van der Waals surface area contributed by atoms with E-state index in [4.69, 9.17) is 0 Å². The molecule has 3 nitrogen and oxygen atoms in total. The van der Waals surface area contributed by atoms with Gasteiger partial charge in [0.1, 0.15) is 5.82 Å². The van der Waals surface area contributed by atoms with Crippen molar-refractivity contribution in [1.82, 2.24) is 10.3 Å². The molecule has 0 spiro atoms. The van der Waals surface area contributed by atoms with Gasteiger partial charge in [0.05, 0.1) is 0 Å². The Kier molecular flexibility index (Phi) is 2.41. The average Bonchev–Trinajstić information content (AvgIpc) is 2.60. The summed E-state index contributed by atoms with van der Waals surface area (Å²) in [6.07, 6.45) is 1.76. The van der Waals surface area contributed by atoms with Crippen LogP contribution < -0.4 is 5.32 Å². The summed E-state index contributed by atoms with van der Waals surface area (Å²) in [4.78, 5) is 13.6. The van der Waals surface area contributed by atoms with Crippen LogP contribution in [-0.4, -0.2) is 10.9 Å². The molecule has 0 fully saturated rings. The lowest BCUT2D eigenvalue weighted by Crippen LogP contribution is -2.19. The van der Waals surface area contributed by atoms with E-state index in [-0.39, 0.29) is 18.3 Å². The molecule has 0 aliphatic rings. The molecule has 1 aromatic carbocycles. The summed E-state index contributed by atoms with van der Waals surface area (Å²) in [5.74, 6) is -0.470. The van der Waals surface area contributed by atoms with E-state index >= 15 is 0 Å². The number of fused-ring (bicyclic) bond motifs is 1. The molecule has 78 valence electrons. The number of carbonyl (C=O) groups is 1. The van der Waals surface area contributed by atoms with Gasteiger partial charge < -0.3 is 10.3 Å². The van der Waals surface area contributed by atoms with Crippen molar-refractivity contribution in [3.8, 4) is 0 Å². The van der Waals surface area contributed by atoms with Gasteiger partial charge in [-0.05, 0) is 23.6 Å². The first-order chi connectivity index (χ1) is 7.16. The van der Waals surface area contributed by atoms with E-state index in [0.29, 0.717) is 5.56 Å². The number of carbonyl (C=O) groups excluding carboxylic acids is 1. The molecule has 4 heteroatoms. The van der Waals surface area contributed by atoms with Crippen molar-refractivity contribution in [2.75, 3.05) is 0 Å². The number of rotatable bonds is 2. The quantitative estimate of drug-likeness (QED) is 0.775. The second kappa shape index (κ2) is 3.73. The number of hydrogen-bond donors (Lipinski definition) is 2. The SMILES string of the molecule is CC(=O)NCc1cc2cc[nH]c2cc1F. The van der Waals surface area contributed by atoms with Crippen LogP contribution in [0.25, 0.3) is 10.9 Å². The van der Waals surface area contributed by atoms with Crippen molar-refractivity contribution in [3.05, 3.63) is 35.8 Å². The van der Waals surface area contributed by atoms with Crippen molar-refractivity contribution < 1.29 is 9.18 Å². The van der Waals surface area contributed by atoms with Gasteiger partial charge in [-0.15, -0.1) is 0 Å². The molecular formula is C11H11FN2O. The maximum atomic E-state index is 13.5. The molecule has 0 aliphatic heterocycles. The smallest absolute Gasteiger partial charge is 0.217 e. The molecule has 15 heavy (non-hydrogen) atoms. The van der Waals surface area contributed by atoms with Gasteiger partial charge in [-0.25, -0.2) is 4.39 Å². The van der Waals surface area contributed by atoms with Crippen LogP contribution in [-0.2, 0) is 11.3 Å². The number of amides is 1. The molecule has 1 heterocycles. The summed E-state index contributed by atoms with van der Waals surface area (Å²) in [5, 5.41) is 3.51. The highest BCUT2D eigenvalue weighted by Crippen LogP contribution is 2.17. The zero-order valence-corrected chi connectivity index (χ0v) is 8.30. The summed E-state index contributed by atoms with van der Waals surface area (Å²) in [6, 6.07) is 5.04. The van der Waals surface area contributed by atoms with Crippen LogP contribution >= 0.6 is 0 Å². The summed E-state index contributed by atoms with van der Waals surface area (Å²) < 4.78 is 13.5. The Morgan fingerprint density at radius 3 is 3.07 bits per heavy atom. The zero-order valence-electron chi connectivity index (χ0n) is 8.30. The lowest BCUT2D eigenvalue weighted by atomic mass is 10.1. The monoisotopic (exact) mass is 206 g/mol. The van der Waals surface area contributed by atoms with Gasteiger partial charge in [-0.1, -0.05) is 0 Å². The maximum Gasteiger partial charge on any atom is 0.217 e. The third-order valence-corrected chi connectivity index (χ3v) is 2.25. The maximum absolute atomic E-state index is 13.5. The molecule has 0 unspecified atom stereocenters. The van der Waals surface area contributed by atoms with Crippen LogP contribution in [0.3, 0.4) is 0 Å². The zero-order chi connectivity index (χ0) is 10.8. The average molecular weight is 206 g/mol. The van der Waals surface area contributed by atoms with Crippen molar-refractivity contribution in [3.63, 3.8) is 0 Å².